The van der Waals surface area contributed by atoms with E-state index < -0.39 is 0 Å². The zero-order valence-corrected chi connectivity index (χ0v) is 13.5. The monoisotopic (exact) mass is 304 g/mol. The van der Waals surface area contributed by atoms with E-state index in [1.165, 1.54) is 11.1 Å². The molecule has 116 valence electrons. The van der Waals surface area contributed by atoms with Crippen LogP contribution in [0.15, 0.2) is 47.0 Å². The lowest BCUT2D eigenvalue weighted by atomic mass is 9.84. The number of aromatic nitrogens is 2. The first-order valence-electron chi connectivity index (χ1n) is 8.17. The Balaban J connectivity index is 1.62. The average Bonchev–Trinajstić information content (AvgIpc) is 2.98. The molecule has 23 heavy (non-hydrogen) atoms. The van der Waals surface area contributed by atoms with Crippen LogP contribution in [-0.4, -0.2) is 9.97 Å². The number of rotatable bonds is 2. The van der Waals surface area contributed by atoms with E-state index in [4.69, 9.17) is 4.42 Å². The Kier molecular flexibility index (Phi) is 3.49. The fraction of sp³-hybridized carbons (Fsp3) is 0.300. The smallest absolute Gasteiger partial charge is 0.245 e. The topological polar surface area (TPSA) is 38.9 Å². The van der Waals surface area contributed by atoms with Crippen molar-refractivity contribution >= 4 is 0 Å². The quantitative estimate of drug-likeness (QED) is 0.693. The third kappa shape index (κ3) is 2.79. The molecule has 2 aromatic heterocycles. The summed E-state index contributed by atoms with van der Waals surface area (Å²) in [5, 5.41) is 0. The van der Waals surface area contributed by atoms with Crippen molar-refractivity contribution < 1.29 is 4.42 Å². The Hall–Kier alpha value is -2.42. The predicted octanol–water partition coefficient (Wildman–Crippen LogP) is 4.63. The number of oxazole rings is 1. The molecule has 4 rings (SSSR count). The molecule has 3 heteroatoms. The molecule has 0 aliphatic heterocycles. The second-order valence-corrected chi connectivity index (χ2v) is 6.46. The summed E-state index contributed by atoms with van der Waals surface area (Å²) < 4.78 is 6.04. The van der Waals surface area contributed by atoms with Gasteiger partial charge in [-0.25, -0.2) is 4.98 Å². The van der Waals surface area contributed by atoms with Crippen molar-refractivity contribution in [2.24, 2.45) is 0 Å². The second-order valence-electron chi connectivity index (χ2n) is 6.46. The van der Waals surface area contributed by atoms with Crippen molar-refractivity contribution in [3.05, 3.63) is 70.7 Å². The van der Waals surface area contributed by atoms with Crippen LogP contribution in [0.25, 0.3) is 11.6 Å². The average molecular weight is 304 g/mol. The molecule has 2 heterocycles. The van der Waals surface area contributed by atoms with Crippen LogP contribution in [0.3, 0.4) is 0 Å². The van der Waals surface area contributed by atoms with Crippen LogP contribution < -0.4 is 0 Å². The fourth-order valence-corrected chi connectivity index (χ4v) is 3.29. The maximum atomic E-state index is 6.04. The van der Waals surface area contributed by atoms with Gasteiger partial charge in [0.15, 0.2) is 0 Å². The molecule has 1 unspecified atom stereocenters. The van der Waals surface area contributed by atoms with E-state index in [0.717, 1.165) is 42.0 Å². The van der Waals surface area contributed by atoms with Crippen molar-refractivity contribution in [2.75, 3.05) is 0 Å². The summed E-state index contributed by atoms with van der Waals surface area (Å²) in [6.45, 7) is 4.18. The minimum absolute atomic E-state index is 0.522. The SMILES string of the molecule is Cc1ccc(-c2nc3c(o2)CC(c2cccc(C)c2)CC3)nc1. The van der Waals surface area contributed by atoms with Gasteiger partial charge in [0.2, 0.25) is 5.89 Å². The molecule has 0 fully saturated rings. The molecule has 0 bridgehead atoms. The number of nitrogens with zero attached hydrogens (tertiary/aromatic N) is 2. The summed E-state index contributed by atoms with van der Waals surface area (Å²) in [6, 6.07) is 12.8. The van der Waals surface area contributed by atoms with Crippen molar-refractivity contribution in [3.8, 4) is 11.6 Å². The van der Waals surface area contributed by atoms with Gasteiger partial charge in [-0.15, -0.1) is 0 Å². The van der Waals surface area contributed by atoms with Crippen LogP contribution in [0, 0.1) is 13.8 Å². The molecule has 1 aliphatic carbocycles. The van der Waals surface area contributed by atoms with E-state index >= 15 is 0 Å². The largest absolute Gasteiger partial charge is 0.440 e. The van der Waals surface area contributed by atoms with Crippen LogP contribution in [0.2, 0.25) is 0 Å². The highest BCUT2D eigenvalue weighted by Crippen LogP contribution is 2.34. The van der Waals surface area contributed by atoms with Gasteiger partial charge in [-0.2, -0.15) is 0 Å². The highest BCUT2D eigenvalue weighted by atomic mass is 16.4. The minimum atomic E-state index is 0.522. The van der Waals surface area contributed by atoms with Crippen LogP contribution in [0.5, 0.6) is 0 Å². The molecular weight excluding hydrogens is 284 g/mol. The third-order valence-corrected chi connectivity index (χ3v) is 4.58. The molecule has 1 aliphatic rings. The number of hydrogen-bond donors (Lipinski definition) is 0. The molecule has 0 saturated carbocycles. The van der Waals surface area contributed by atoms with E-state index in [9.17, 15) is 0 Å². The Morgan fingerprint density at radius 3 is 2.78 bits per heavy atom. The minimum Gasteiger partial charge on any atom is -0.440 e. The first-order chi connectivity index (χ1) is 11.2. The van der Waals surface area contributed by atoms with Gasteiger partial charge in [0.1, 0.15) is 11.5 Å². The van der Waals surface area contributed by atoms with Crippen LogP contribution in [0.4, 0.5) is 0 Å². The van der Waals surface area contributed by atoms with Gasteiger partial charge < -0.3 is 4.42 Å². The van der Waals surface area contributed by atoms with Crippen molar-refractivity contribution in [2.45, 2.75) is 39.0 Å². The first kappa shape index (κ1) is 14.2. The lowest BCUT2D eigenvalue weighted by Crippen LogP contribution is -2.11. The van der Waals surface area contributed by atoms with Crippen molar-refractivity contribution in [3.63, 3.8) is 0 Å². The Morgan fingerprint density at radius 2 is 2.00 bits per heavy atom. The number of pyridine rings is 1. The van der Waals surface area contributed by atoms with E-state index in [0.29, 0.717) is 11.8 Å². The molecule has 3 nitrogen and oxygen atoms in total. The van der Waals surface area contributed by atoms with Gasteiger partial charge in [0, 0.05) is 12.6 Å². The first-order valence-corrected chi connectivity index (χ1v) is 8.17. The van der Waals surface area contributed by atoms with Gasteiger partial charge in [-0.1, -0.05) is 35.9 Å². The summed E-state index contributed by atoms with van der Waals surface area (Å²) in [5.41, 5.74) is 5.78. The van der Waals surface area contributed by atoms with E-state index in [2.05, 4.69) is 41.2 Å². The summed E-state index contributed by atoms with van der Waals surface area (Å²) in [6.07, 6.45) is 4.89. The Labute approximate surface area is 136 Å². The van der Waals surface area contributed by atoms with E-state index in [1.807, 2.05) is 25.3 Å². The highest BCUT2D eigenvalue weighted by Gasteiger charge is 2.25. The molecule has 0 amide bonds. The lowest BCUT2D eigenvalue weighted by molar-refractivity contribution is 0.457. The van der Waals surface area contributed by atoms with Crippen molar-refractivity contribution in [1.29, 1.82) is 0 Å². The maximum Gasteiger partial charge on any atom is 0.245 e. The van der Waals surface area contributed by atoms with E-state index in [1.54, 1.807) is 0 Å². The van der Waals surface area contributed by atoms with Crippen LogP contribution in [-0.2, 0) is 12.8 Å². The summed E-state index contributed by atoms with van der Waals surface area (Å²) >= 11 is 0. The Bertz CT molecular complexity index is 833. The van der Waals surface area contributed by atoms with Gasteiger partial charge in [-0.05, 0) is 49.8 Å². The Morgan fingerprint density at radius 1 is 1.09 bits per heavy atom. The number of fused-ring (bicyclic) bond motifs is 1. The lowest BCUT2D eigenvalue weighted by Gasteiger charge is -2.20. The zero-order chi connectivity index (χ0) is 15.8. The summed E-state index contributed by atoms with van der Waals surface area (Å²) in [5.74, 6) is 2.20. The molecule has 3 aromatic rings. The molecular formula is C20H20N2O. The van der Waals surface area contributed by atoms with Gasteiger partial charge >= 0.3 is 0 Å². The molecule has 0 saturated heterocycles. The van der Waals surface area contributed by atoms with E-state index in [-0.39, 0.29) is 0 Å². The second kappa shape index (κ2) is 5.65. The normalized spacial score (nSPS) is 17.0. The summed E-state index contributed by atoms with van der Waals surface area (Å²) in [4.78, 5) is 9.09. The zero-order valence-electron chi connectivity index (χ0n) is 13.5. The highest BCUT2D eigenvalue weighted by molar-refractivity contribution is 5.48. The van der Waals surface area contributed by atoms with Gasteiger partial charge in [0.05, 0.1) is 5.69 Å². The number of aryl methyl sites for hydroxylation is 3. The fourth-order valence-electron chi connectivity index (χ4n) is 3.29. The molecule has 0 spiro atoms. The van der Waals surface area contributed by atoms with Crippen LogP contribution >= 0.6 is 0 Å². The van der Waals surface area contributed by atoms with Crippen LogP contribution in [0.1, 0.15) is 40.5 Å². The number of hydrogen-bond acceptors (Lipinski definition) is 3. The molecule has 0 radical (unpaired) electrons. The van der Waals surface area contributed by atoms with Gasteiger partial charge in [0.25, 0.3) is 0 Å². The maximum absolute atomic E-state index is 6.04. The summed E-state index contributed by atoms with van der Waals surface area (Å²) in [7, 11) is 0. The standard InChI is InChI=1S/C20H20N2O/c1-13-4-3-5-15(10-13)16-7-9-17-19(11-16)23-20(22-17)18-8-6-14(2)12-21-18/h3-6,8,10,12,16H,7,9,11H2,1-2H3. The molecule has 1 atom stereocenters. The molecule has 0 N–H and O–H groups in total. The third-order valence-electron chi connectivity index (χ3n) is 4.58. The van der Waals surface area contributed by atoms with Gasteiger partial charge in [-0.3, -0.25) is 4.98 Å². The van der Waals surface area contributed by atoms with Crippen molar-refractivity contribution in [1.82, 2.24) is 9.97 Å². The number of benzene rings is 1. The predicted molar refractivity (Wildman–Crippen MR) is 90.4 cm³/mol. The molecule has 1 aromatic carbocycles.